The van der Waals surface area contributed by atoms with Gasteiger partial charge in [0, 0.05) is 25.7 Å². The molecule has 2 heterocycles. The smallest absolute Gasteiger partial charge is 0.251 e. The first-order valence-electron chi connectivity index (χ1n) is 6.39. The van der Waals surface area contributed by atoms with Crippen LogP contribution in [0.4, 0.5) is 0 Å². The van der Waals surface area contributed by atoms with Gasteiger partial charge >= 0.3 is 0 Å². The van der Waals surface area contributed by atoms with Crippen LogP contribution in [0.5, 0.6) is 0 Å². The lowest BCUT2D eigenvalue weighted by Crippen LogP contribution is -2.48. The molecule has 0 aromatic rings. The first-order valence-corrected chi connectivity index (χ1v) is 6.39. The normalized spacial score (nSPS) is 28.1. The monoisotopic (exact) mass is 226 g/mol. The topological polar surface area (TPSA) is 41.6 Å². The highest BCUT2D eigenvalue weighted by molar-refractivity contribution is 5.81. The second-order valence-corrected chi connectivity index (χ2v) is 4.74. The molecule has 0 aromatic heterocycles. The van der Waals surface area contributed by atoms with Gasteiger partial charge < -0.3 is 15.0 Å². The molecule has 0 aromatic carbocycles. The summed E-state index contributed by atoms with van der Waals surface area (Å²) in [6.07, 6.45) is 5.11. The highest BCUT2D eigenvalue weighted by Gasteiger charge is 2.29. The third-order valence-electron chi connectivity index (χ3n) is 3.67. The quantitative estimate of drug-likeness (QED) is 0.756. The zero-order valence-corrected chi connectivity index (χ0v) is 10.1. The highest BCUT2D eigenvalue weighted by atomic mass is 16.5. The molecule has 2 saturated heterocycles. The number of nitrogens with zero attached hydrogens (tertiary/aromatic N) is 1. The van der Waals surface area contributed by atoms with Crippen molar-refractivity contribution in [1.29, 1.82) is 0 Å². The third kappa shape index (κ3) is 2.74. The van der Waals surface area contributed by atoms with E-state index < -0.39 is 0 Å². The largest absolute Gasteiger partial charge is 0.368 e. The molecule has 2 rings (SSSR count). The Hall–Kier alpha value is -0.610. The summed E-state index contributed by atoms with van der Waals surface area (Å²) in [4.78, 5) is 14.1. The Morgan fingerprint density at radius 2 is 2.00 bits per heavy atom. The van der Waals surface area contributed by atoms with Gasteiger partial charge in [-0.25, -0.2) is 0 Å². The molecular formula is C12H22N2O2. The molecule has 1 amide bonds. The maximum Gasteiger partial charge on any atom is 0.251 e. The molecule has 0 spiro atoms. The Balaban J connectivity index is 1.81. The van der Waals surface area contributed by atoms with E-state index in [1.807, 2.05) is 11.9 Å². The second-order valence-electron chi connectivity index (χ2n) is 4.74. The molecule has 92 valence electrons. The van der Waals surface area contributed by atoms with E-state index in [4.69, 9.17) is 4.74 Å². The molecule has 4 heteroatoms. The van der Waals surface area contributed by atoms with Crippen LogP contribution in [0.2, 0.25) is 0 Å². The number of carbonyl (C=O) groups excluding carboxylic acids is 1. The summed E-state index contributed by atoms with van der Waals surface area (Å²) in [7, 11) is 1.99. The lowest BCUT2D eigenvalue weighted by molar-refractivity contribution is -0.147. The Labute approximate surface area is 97.3 Å². The number of carbonyl (C=O) groups is 1. The summed E-state index contributed by atoms with van der Waals surface area (Å²) in [5.41, 5.74) is 0. The molecule has 4 nitrogen and oxygen atoms in total. The molecule has 2 fully saturated rings. The van der Waals surface area contributed by atoms with Crippen molar-refractivity contribution in [1.82, 2.24) is 10.2 Å². The fourth-order valence-electron chi connectivity index (χ4n) is 2.53. The van der Waals surface area contributed by atoms with Crippen molar-refractivity contribution < 1.29 is 9.53 Å². The van der Waals surface area contributed by atoms with Crippen LogP contribution < -0.4 is 5.32 Å². The molecule has 0 aliphatic carbocycles. The van der Waals surface area contributed by atoms with Crippen molar-refractivity contribution in [3.8, 4) is 0 Å². The van der Waals surface area contributed by atoms with E-state index in [9.17, 15) is 4.79 Å². The first kappa shape index (κ1) is 11.9. The maximum absolute atomic E-state index is 12.1. The zero-order chi connectivity index (χ0) is 11.4. The molecule has 16 heavy (non-hydrogen) atoms. The van der Waals surface area contributed by atoms with Gasteiger partial charge in [0.1, 0.15) is 6.10 Å². The third-order valence-corrected chi connectivity index (χ3v) is 3.67. The lowest BCUT2D eigenvalue weighted by Gasteiger charge is -2.34. The van der Waals surface area contributed by atoms with Crippen LogP contribution in [-0.4, -0.2) is 49.7 Å². The van der Waals surface area contributed by atoms with Gasteiger partial charge in [0.05, 0.1) is 0 Å². The number of amides is 1. The standard InChI is InChI=1S/C12H22N2O2/c1-13-10-5-7-14(8-6-10)12(15)11-4-2-3-9-16-11/h10-11,13H,2-9H2,1H3. The van der Waals surface area contributed by atoms with E-state index >= 15 is 0 Å². The first-order chi connectivity index (χ1) is 7.81. The van der Waals surface area contributed by atoms with Crippen molar-refractivity contribution in [2.24, 2.45) is 0 Å². The van der Waals surface area contributed by atoms with Crippen LogP contribution in [0.15, 0.2) is 0 Å². The van der Waals surface area contributed by atoms with Gasteiger partial charge in [-0.1, -0.05) is 0 Å². The van der Waals surface area contributed by atoms with Crippen molar-refractivity contribution >= 4 is 5.91 Å². The summed E-state index contributed by atoms with van der Waals surface area (Å²) in [5.74, 6) is 0.217. The van der Waals surface area contributed by atoms with Crippen LogP contribution in [-0.2, 0) is 9.53 Å². The van der Waals surface area contributed by atoms with E-state index in [-0.39, 0.29) is 12.0 Å². The van der Waals surface area contributed by atoms with Crippen molar-refractivity contribution in [3.05, 3.63) is 0 Å². The Kier molecular flexibility index (Phi) is 4.18. The van der Waals surface area contributed by atoms with Gasteiger partial charge in [-0.2, -0.15) is 0 Å². The van der Waals surface area contributed by atoms with Crippen molar-refractivity contribution in [2.75, 3.05) is 26.7 Å². The summed E-state index contributed by atoms with van der Waals surface area (Å²) in [6, 6.07) is 0.580. The molecule has 0 saturated carbocycles. The number of rotatable bonds is 2. The van der Waals surface area contributed by atoms with Crippen LogP contribution in [0.25, 0.3) is 0 Å². The fourth-order valence-corrected chi connectivity index (χ4v) is 2.53. The van der Waals surface area contributed by atoms with Crippen molar-refractivity contribution in [3.63, 3.8) is 0 Å². The van der Waals surface area contributed by atoms with Crippen LogP contribution in [0.1, 0.15) is 32.1 Å². The van der Waals surface area contributed by atoms with E-state index in [1.54, 1.807) is 0 Å². The maximum atomic E-state index is 12.1. The van der Waals surface area contributed by atoms with Gasteiger partial charge in [0.25, 0.3) is 5.91 Å². The Morgan fingerprint density at radius 3 is 2.56 bits per heavy atom. The number of ether oxygens (including phenoxy) is 1. The van der Waals surface area contributed by atoms with Gasteiger partial charge in [-0.05, 0) is 39.2 Å². The summed E-state index contributed by atoms with van der Waals surface area (Å²) in [6.45, 7) is 2.51. The molecule has 1 atom stereocenters. The van der Waals surface area contributed by atoms with E-state index in [0.717, 1.165) is 51.8 Å². The molecule has 1 unspecified atom stereocenters. The van der Waals surface area contributed by atoms with Gasteiger partial charge in [0.2, 0.25) is 0 Å². The second kappa shape index (κ2) is 5.64. The predicted molar refractivity (Wildman–Crippen MR) is 62.3 cm³/mol. The average molecular weight is 226 g/mol. The summed E-state index contributed by atoms with van der Waals surface area (Å²) >= 11 is 0. The summed E-state index contributed by atoms with van der Waals surface area (Å²) < 4.78 is 5.54. The van der Waals surface area contributed by atoms with E-state index in [0.29, 0.717) is 6.04 Å². The van der Waals surface area contributed by atoms with Crippen LogP contribution >= 0.6 is 0 Å². The van der Waals surface area contributed by atoms with Crippen LogP contribution in [0, 0.1) is 0 Å². The number of hydrogen-bond acceptors (Lipinski definition) is 3. The van der Waals surface area contributed by atoms with Gasteiger partial charge in [-0.3, -0.25) is 4.79 Å². The predicted octanol–water partition coefficient (Wildman–Crippen LogP) is 0.766. The fraction of sp³-hybridized carbons (Fsp3) is 0.917. The van der Waals surface area contributed by atoms with Gasteiger partial charge in [0.15, 0.2) is 0 Å². The minimum absolute atomic E-state index is 0.153. The van der Waals surface area contributed by atoms with E-state index in [2.05, 4.69) is 5.32 Å². The van der Waals surface area contributed by atoms with E-state index in [1.165, 1.54) is 0 Å². The number of piperidine rings is 1. The van der Waals surface area contributed by atoms with Gasteiger partial charge in [-0.15, -0.1) is 0 Å². The molecule has 2 aliphatic heterocycles. The molecule has 1 N–H and O–H groups in total. The Morgan fingerprint density at radius 1 is 1.25 bits per heavy atom. The molecular weight excluding hydrogens is 204 g/mol. The zero-order valence-electron chi connectivity index (χ0n) is 10.1. The summed E-state index contributed by atoms with van der Waals surface area (Å²) in [5, 5.41) is 3.27. The number of likely N-dealkylation sites (tertiary alicyclic amines) is 1. The highest BCUT2D eigenvalue weighted by Crippen LogP contribution is 2.18. The number of nitrogens with one attached hydrogen (secondary N) is 1. The molecule has 0 radical (unpaired) electrons. The van der Waals surface area contributed by atoms with Crippen LogP contribution in [0.3, 0.4) is 0 Å². The SMILES string of the molecule is CNC1CCN(C(=O)C2CCCCO2)CC1. The minimum atomic E-state index is -0.153. The van der Waals surface area contributed by atoms with Crippen molar-refractivity contribution in [2.45, 2.75) is 44.2 Å². The lowest BCUT2D eigenvalue weighted by atomic mass is 10.0. The average Bonchev–Trinajstić information content (AvgIpc) is 2.39. The number of hydrogen-bond donors (Lipinski definition) is 1. The molecule has 0 bridgehead atoms. The molecule has 2 aliphatic rings. The Bertz CT molecular complexity index is 231. The minimum Gasteiger partial charge on any atom is -0.368 e.